The molecule has 1 saturated heterocycles. The van der Waals surface area contributed by atoms with E-state index < -0.39 is 29.3 Å². The monoisotopic (exact) mass is 449 g/mol. The number of ether oxygens (including phenoxy) is 1. The number of halogens is 4. The molecule has 1 aromatic heterocycles. The van der Waals surface area contributed by atoms with Crippen LogP contribution in [0.5, 0.6) is 0 Å². The number of fused-ring (bicyclic) bond motifs is 1. The van der Waals surface area contributed by atoms with E-state index in [-0.39, 0.29) is 12.5 Å². The fraction of sp³-hybridized carbons (Fsp3) is 0.391. The summed E-state index contributed by atoms with van der Waals surface area (Å²) in [6, 6.07) is 9.47. The van der Waals surface area contributed by atoms with E-state index >= 15 is 0 Å². The van der Waals surface area contributed by atoms with E-state index in [0.717, 1.165) is 12.1 Å². The van der Waals surface area contributed by atoms with Crippen LogP contribution < -0.4 is 0 Å². The van der Waals surface area contributed by atoms with Gasteiger partial charge in [0.2, 0.25) is 0 Å². The molecule has 2 aromatic carbocycles. The largest absolute Gasteiger partial charge is 0.444 e. The minimum absolute atomic E-state index is 0.157. The Hall–Kier alpha value is -3.10. The van der Waals surface area contributed by atoms with Crippen LogP contribution in [0.1, 0.15) is 43.5 Å². The van der Waals surface area contributed by atoms with E-state index in [1.165, 1.54) is 23.1 Å². The molecule has 0 N–H and O–H groups in total. The number of hydrogen-bond acceptors (Lipinski definition) is 3. The lowest BCUT2D eigenvalue weighted by Crippen LogP contribution is -2.50. The third-order valence-electron chi connectivity index (χ3n) is 5.29. The highest BCUT2D eigenvalue weighted by molar-refractivity contribution is 5.84. The maximum Gasteiger partial charge on any atom is 0.416 e. The molecule has 170 valence electrons. The number of alkyl halides is 3. The van der Waals surface area contributed by atoms with E-state index in [1.54, 1.807) is 37.6 Å². The maximum absolute atomic E-state index is 14.7. The summed E-state index contributed by atoms with van der Waals surface area (Å²) in [7, 11) is 0. The molecule has 1 aliphatic rings. The highest BCUT2D eigenvalue weighted by Crippen LogP contribution is 2.34. The van der Waals surface area contributed by atoms with Crippen LogP contribution in [0, 0.1) is 5.82 Å². The first-order valence-corrected chi connectivity index (χ1v) is 10.2. The van der Waals surface area contributed by atoms with Crippen molar-refractivity contribution in [3.63, 3.8) is 0 Å². The van der Waals surface area contributed by atoms with E-state index in [4.69, 9.17) is 4.74 Å². The molecular weight excluding hydrogens is 426 g/mol. The fourth-order valence-corrected chi connectivity index (χ4v) is 3.72. The number of carbonyl (C=O) groups excluding carboxylic acids is 1. The molecule has 4 rings (SSSR count). The van der Waals surface area contributed by atoms with Gasteiger partial charge < -0.3 is 9.64 Å². The number of benzene rings is 2. The van der Waals surface area contributed by atoms with Crippen molar-refractivity contribution >= 4 is 17.0 Å². The van der Waals surface area contributed by atoms with Crippen molar-refractivity contribution in [1.29, 1.82) is 0 Å². The van der Waals surface area contributed by atoms with Crippen LogP contribution in [0.4, 0.5) is 22.4 Å². The molecule has 2 heterocycles. The Morgan fingerprint density at radius 1 is 1.09 bits per heavy atom. The molecule has 0 radical (unpaired) electrons. The van der Waals surface area contributed by atoms with Crippen molar-refractivity contribution in [1.82, 2.24) is 14.7 Å². The van der Waals surface area contributed by atoms with E-state index in [1.807, 2.05) is 0 Å². The van der Waals surface area contributed by atoms with Gasteiger partial charge in [0.15, 0.2) is 0 Å². The van der Waals surface area contributed by atoms with Gasteiger partial charge in [-0.15, -0.1) is 0 Å². The van der Waals surface area contributed by atoms with Gasteiger partial charge in [-0.05, 0) is 50.6 Å². The predicted octanol–water partition coefficient (Wildman–Crippen LogP) is 5.58. The first-order valence-electron chi connectivity index (χ1n) is 10.2. The van der Waals surface area contributed by atoms with E-state index in [2.05, 4.69) is 5.10 Å². The van der Waals surface area contributed by atoms with Gasteiger partial charge in [0.1, 0.15) is 11.4 Å². The Morgan fingerprint density at radius 2 is 1.75 bits per heavy atom. The summed E-state index contributed by atoms with van der Waals surface area (Å²) in [6.07, 6.45) is -4.83. The molecule has 32 heavy (non-hydrogen) atoms. The summed E-state index contributed by atoms with van der Waals surface area (Å²) in [5.41, 5.74) is 0.363. The lowest BCUT2D eigenvalue weighted by atomic mass is 9.94. The second kappa shape index (κ2) is 7.79. The molecule has 9 heteroatoms. The highest BCUT2D eigenvalue weighted by atomic mass is 19.4. The Kier molecular flexibility index (Phi) is 5.38. The molecule has 1 fully saturated rings. The van der Waals surface area contributed by atoms with Crippen LogP contribution in [0.25, 0.3) is 10.9 Å². The molecular formula is C23H23F4N3O2. The molecule has 0 bridgehead atoms. The molecule has 3 aromatic rings. The molecule has 1 amide bonds. The second-order valence-corrected chi connectivity index (χ2v) is 8.95. The normalized spacial score (nSPS) is 15.2. The number of likely N-dealkylation sites (tertiary alicyclic amines) is 1. The van der Waals surface area contributed by atoms with Crippen LogP contribution in [0.2, 0.25) is 0 Å². The number of carbonyl (C=O) groups is 1. The minimum Gasteiger partial charge on any atom is -0.444 e. The molecule has 0 unspecified atom stereocenters. The van der Waals surface area contributed by atoms with Crippen LogP contribution in [0.15, 0.2) is 42.5 Å². The summed E-state index contributed by atoms with van der Waals surface area (Å²) >= 11 is 0. The lowest BCUT2D eigenvalue weighted by Gasteiger charge is -2.39. The molecule has 0 atom stereocenters. The zero-order chi connectivity index (χ0) is 23.3. The first kappa shape index (κ1) is 22.1. The van der Waals surface area contributed by atoms with Crippen LogP contribution in [-0.4, -0.2) is 39.5 Å². The number of hydrogen-bond donors (Lipinski definition) is 0. The van der Waals surface area contributed by atoms with Gasteiger partial charge in [-0.1, -0.05) is 18.2 Å². The van der Waals surface area contributed by atoms with Gasteiger partial charge in [-0.25, -0.2) is 9.18 Å². The third kappa shape index (κ3) is 4.42. The average Bonchev–Trinajstić information content (AvgIpc) is 2.98. The summed E-state index contributed by atoms with van der Waals surface area (Å²) < 4.78 is 60.1. The topological polar surface area (TPSA) is 47.4 Å². The number of amides is 1. The third-order valence-corrected chi connectivity index (χ3v) is 5.29. The predicted molar refractivity (Wildman–Crippen MR) is 111 cm³/mol. The molecule has 0 saturated carbocycles. The Labute approximate surface area is 182 Å². The molecule has 0 aliphatic carbocycles. The van der Waals surface area contributed by atoms with Crippen molar-refractivity contribution < 1.29 is 27.1 Å². The van der Waals surface area contributed by atoms with E-state index in [0.29, 0.717) is 35.2 Å². The summed E-state index contributed by atoms with van der Waals surface area (Å²) in [5, 5.41) is 4.95. The average molecular weight is 449 g/mol. The maximum atomic E-state index is 14.7. The van der Waals surface area contributed by atoms with Crippen molar-refractivity contribution in [2.45, 2.75) is 45.0 Å². The van der Waals surface area contributed by atoms with Crippen molar-refractivity contribution in [3.05, 3.63) is 65.1 Å². The SMILES string of the molecule is CC(C)(C)OC(=O)N1CC(c2nn(Cc3ccc(C(F)(F)F)cc3)c3cccc(F)c23)C1. The smallest absolute Gasteiger partial charge is 0.416 e. The Bertz CT molecular complexity index is 1140. The second-order valence-electron chi connectivity index (χ2n) is 8.95. The van der Waals surface area contributed by atoms with Gasteiger partial charge in [0, 0.05) is 19.0 Å². The standard InChI is InChI=1S/C23H23F4N3O2/c1-22(2,3)32-21(31)29-12-15(13-29)20-19-17(24)5-4-6-18(19)30(28-20)11-14-7-9-16(10-8-14)23(25,26)27/h4-10,15H,11-13H2,1-3H3. The van der Waals surface area contributed by atoms with Gasteiger partial charge in [-0.2, -0.15) is 18.3 Å². The fourth-order valence-electron chi connectivity index (χ4n) is 3.72. The van der Waals surface area contributed by atoms with Crippen molar-refractivity contribution in [2.24, 2.45) is 0 Å². The minimum atomic E-state index is -4.41. The quantitative estimate of drug-likeness (QED) is 0.491. The number of aromatic nitrogens is 2. The van der Waals surface area contributed by atoms with Crippen molar-refractivity contribution in [2.75, 3.05) is 13.1 Å². The van der Waals surface area contributed by atoms with Crippen LogP contribution in [-0.2, 0) is 17.5 Å². The van der Waals surface area contributed by atoms with E-state index in [9.17, 15) is 22.4 Å². The lowest BCUT2D eigenvalue weighted by molar-refractivity contribution is -0.137. The van der Waals surface area contributed by atoms with Gasteiger partial charge in [0.25, 0.3) is 0 Å². The van der Waals surface area contributed by atoms with Gasteiger partial charge in [-0.3, -0.25) is 4.68 Å². The molecule has 0 spiro atoms. The number of rotatable bonds is 3. The molecule has 1 aliphatic heterocycles. The Morgan fingerprint density at radius 3 is 2.34 bits per heavy atom. The highest BCUT2D eigenvalue weighted by Gasteiger charge is 2.37. The van der Waals surface area contributed by atoms with Gasteiger partial charge >= 0.3 is 12.3 Å². The van der Waals surface area contributed by atoms with Crippen LogP contribution >= 0.6 is 0 Å². The van der Waals surface area contributed by atoms with Gasteiger partial charge in [0.05, 0.1) is 28.7 Å². The zero-order valence-electron chi connectivity index (χ0n) is 17.9. The molecule has 5 nitrogen and oxygen atoms in total. The van der Waals surface area contributed by atoms with Crippen molar-refractivity contribution in [3.8, 4) is 0 Å². The number of nitrogens with zero attached hydrogens (tertiary/aromatic N) is 3. The van der Waals surface area contributed by atoms with Crippen LogP contribution in [0.3, 0.4) is 0 Å². The first-order chi connectivity index (χ1) is 14.9. The Balaban J connectivity index is 1.58. The summed E-state index contributed by atoms with van der Waals surface area (Å²) in [5.74, 6) is -0.581. The summed E-state index contributed by atoms with van der Waals surface area (Å²) in [4.78, 5) is 13.8. The zero-order valence-corrected chi connectivity index (χ0v) is 17.9. The summed E-state index contributed by atoms with van der Waals surface area (Å²) in [6.45, 7) is 6.27.